The summed E-state index contributed by atoms with van der Waals surface area (Å²) in [5.41, 5.74) is -0.412. The van der Waals surface area contributed by atoms with Gasteiger partial charge in [-0.05, 0) is 31.5 Å². The van der Waals surface area contributed by atoms with Gasteiger partial charge >= 0.3 is 5.97 Å². The summed E-state index contributed by atoms with van der Waals surface area (Å²) in [5, 5.41) is 0.144. The van der Waals surface area contributed by atoms with Crippen LogP contribution < -0.4 is 0 Å². The Kier molecular flexibility index (Phi) is 4.13. The number of rotatable bonds is 4. The lowest BCUT2D eigenvalue weighted by Crippen LogP contribution is -2.45. The fourth-order valence-electron chi connectivity index (χ4n) is 1.93. The van der Waals surface area contributed by atoms with Crippen LogP contribution in [0.25, 0.3) is 0 Å². The van der Waals surface area contributed by atoms with Crippen LogP contribution in [0.2, 0.25) is 18.1 Å². The summed E-state index contributed by atoms with van der Waals surface area (Å²) in [5.74, 6) is -0.292. The van der Waals surface area contributed by atoms with E-state index in [0.717, 1.165) is 6.42 Å². The lowest BCUT2D eigenvalue weighted by Gasteiger charge is -2.39. The quantitative estimate of drug-likeness (QED) is 0.445. The largest absolute Gasteiger partial charge is 0.469 e. The van der Waals surface area contributed by atoms with Crippen molar-refractivity contribution < 1.29 is 14.0 Å². The number of allylic oxidation sites excluding steroid dienone is 1. The van der Waals surface area contributed by atoms with Crippen LogP contribution in [0.1, 0.15) is 34.1 Å². The third-order valence-electron chi connectivity index (χ3n) is 4.14. The zero-order chi connectivity index (χ0) is 14.2. The molecule has 0 spiro atoms. The zero-order valence-corrected chi connectivity index (χ0v) is 13.7. The Bertz CT molecular complexity index is 355. The Balaban J connectivity index is 2.89. The van der Waals surface area contributed by atoms with Gasteiger partial charge in [-0.1, -0.05) is 32.9 Å². The summed E-state index contributed by atoms with van der Waals surface area (Å²) >= 11 is 0. The van der Waals surface area contributed by atoms with Gasteiger partial charge in [-0.3, -0.25) is 4.79 Å². The van der Waals surface area contributed by atoms with Gasteiger partial charge in [-0.2, -0.15) is 0 Å². The first kappa shape index (κ1) is 15.4. The molecule has 0 radical (unpaired) electrons. The van der Waals surface area contributed by atoms with Crippen molar-refractivity contribution in [1.29, 1.82) is 0 Å². The van der Waals surface area contributed by atoms with Crippen LogP contribution in [0.3, 0.4) is 0 Å². The van der Waals surface area contributed by atoms with Crippen LogP contribution >= 0.6 is 0 Å². The van der Waals surface area contributed by atoms with E-state index >= 15 is 0 Å². The minimum atomic E-state index is -1.87. The molecule has 104 valence electrons. The van der Waals surface area contributed by atoms with Gasteiger partial charge < -0.3 is 9.16 Å². The summed E-state index contributed by atoms with van der Waals surface area (Å²) in [6, 6.07) is 0. The molecule has 2 atom stereocenters. The van der Waals surface area contributed by atoms with Crippen molar-refractivity contribution >= 4 is 14.3 Å². The number of carbonyl (C=O) groups excluding carboxylic acids is 1. The third kappa shape index (κ3) is 2.86. The van der Waals surface area contributed by atoms with Crippen LogP contribution in [-0.4, -0.2) is 27.0 Å². The summed E-state index contributed by atoms with van der Waals surface area (Å²) in [6.45, 7) is 13.0. The van der Waals surface area contributed by atoms with Crippen molar-refractivity contribution in [2.24, 2.45) is 5.92 Å². The van der Waals surface area contributed by atoms with Gasteiger partial charge in [0.1, 0.15) is 0 Å². The van der Waals surface area contributed by atoms with Crippen LogP contribution in [0, 0.1) is 5.92 Å². The minimum Gasteiger partial charge on any atom is -0.469 e. The van der Waals surface area contributed by atoms with E-state index in [1.165, 1.54) is 7.11 Å². The van der Waals surface area contributed by atoms with Crippen molar-refractivity contribution in [2.75, 3.05) is 7.11 Å². The molecule has 0 saturated heterocycles. The maximum absolute atomic E-state index is 11.7. The molecule has 1 rings (SSSR count). The highest BCUT2D eigenvalue weighted by Crippen LogP contribution is 2.53. The third-order valence-corrected chi connectivity index (χ3v) is 8.64. The Morgan fingerprint density at radius 3 is 2.33 bits per heavy atom. The monoisotopic (exact) mass is 270 g/mol. The molecular weight excluding hydrogens is 244 g/mol. The Morgan fingerprint density at radius 1 is 1.39 bits per heavy atom. The number of esters is 1. The molecule has 1 saturated carbocycles. The van der Waals surface area contributed by atoms with Crippen molar-refractivity contribution in [2.45, 2.75) is 57.8 Å². The smallest absolute Gasteiger partial charge is 0.312 e. The maximum atomic E-state index is 11.7. The van der Waals surface area contributed by atoms with Crippen molar-refractivity contribution in [3.63, 3.8) is 0 Å². The van der Waals surface area contributed by atoms with E-state index < -0.39 is 13.9 Å². The number of hydrogen-bond acceptors (Lipinski definition) is 3. The number of methoxy groups -OCH3 is 1. The van der Waals surface area contributed by atoms with Crippen LogP contribution in [-0.2, 0) is 14.0 Å². The van der Waals surface area contributed by atoms with Crippen molar-refractivity contribution in [1.82, 2.24) is 0 Å². The Morgan fingerprint density at radius 2 is 1.94 bits per heavy atom. The van der Waals surface area contributed by atoms with Crippen molar-refractivity contribution in [3.05, 3.63) is 12.2 Å². The Hall–Kier alpha value is -0.613. The predicted octanol–water partition coefficient (Wildman–Crippen LogP) is 3.52. The van der Waals surface area contributed by atoms with Gasteiger partial charge in [0.25, 0.3) is 0 Å². The molecule has 0 heterocycles. The van der Waals surface area contributed by atoms with E-state index in [0.29, 0.717) is 0 Å². The number of hydrogen-bond donors (Lipinski definition) is 0. The normalized spacial score (nSPS) is 28.5. The Labute approximate surface area is 112 Å². The fraction of sp³-hybridized carbons (Fsp3) is 0.786. The lowest BCUT2D eigenvalue weighted by molar-refractivity contribution is -0.143. The maximum Gasteiger partial charge on any atom is 0.312 e. The SMILES string of the molecule is C/C=C/[C@]1(O[Si](C)(C)C(C)(C)C)C[C@H]1C(=O)OC. The molecular formula is C14H26O3Si. The van der Waals surface area contributed by atoms with Crippen LogP contribution in [0.4, 0.5) is 0 Å². The fourth-order valence-corrected chi connectivity index (χ4v) is 3.48. The summed E-state index contributed by atoms with van der Waals surface area (Å²) in [4.78, 5) is 11.7. The van der Waals surface area contributed by atoms with Gasteiger partial charge in [0.05, 0.1) is 18.6 Å². The number of carbonyl (C=O) groups is 1. The van der Waals surface area contributed by atoms with Crippen LogP contribution in [0.15, 0.2) is 12.2 Å². The topological polar surface area (TPSA) is 35.5 Å². The molecule has 0 aliphatic heterocycles. The van der Waals surface area contributed by atoms with Crippen molar-refractivity contribution in [3.8, 4) is 0 Å². The zero-order valence-electron chi connectivity index (χ0n) is 12.7. The summed E-state index contributed by atoms with van der Waals surface area (Å²) in [6.07, 6.45) is 4.74. The molecule has 0 bridgehead atoms. The van der Waals surface area contributed by atoms with Gasteiger partial charge in [0.15, 0.2) is 8.32 Å². The average Bonchev–Trinajstić information content (AvgIpc) is 2.89. The van der Waals surface area contributed by atoms with Gasteiger partial charge in [0, 0.05) is 0 Å². The standard InChI is InChI=1S/C14H26O3Si/c1-8-9-14(10-11(14)12(15)16-5)17-18(6,7)13(2,3)4/h8-9,11H,10H2,1-7H3/b9-8+/t11-,14-/m0/s1. The average molecular weight is 270 g/mol. The van der Waals surface area contributed by atoms with Gasteiger partial charge in [-0.25, -0.2) is 0 Å². The van der Waals surface area contributed by atoms with E-state index in [1.807, 2.05) is 19.1 Å². The first-order valence-electron chi connectivity index (χ1n) is 6.51. The van der Waals surface area contributed by atoms with E-state index in [-0.39, 0.29) is 16.9 Å². The molecule has 1 aliphatic carbocycles. The van der Waals surface area contributed by atoms with E-state index in [9.17, 15) is 4.79 Å². The summed E-state index contributed by atoms with van der Waals surface area (Å²) in [7, 11) is -0.437. The second-order valence-corrected chi connectivity index (χ2v) is 11.3. The molecule has 18 heavy (non-hydrogen) atoms. The minimum absolute atomic E-state index is 0.132. The lowest BCUT2D eigenvalue weighted by atomic mass is 10.2. The molecule has 1 fully saturated rings. The number of ether oxygens (including phenoxy) is 1. The molecule has 0 aromatic carbocycles. The molecule has 0 aromatic heterocycles. The predicted molar refractivity (Wildman–Crippen MR) is 76.0 cm³/mol. The molecule has 0 amide bonds. The van der Waals surface area contributed by atoms with Crippen LogP contribution in [0.5, 0.6) is 0 Å². The molecule has 3 nitrogen and oxygen atoms in total. The highest BCUT2D eigenvalue weighted by Gasteiger charge is 2.61. The molecule has 0 unspecified atom stereocenters. The summed E-state index contributed by atoms with van der Waals surface area (Å²) < 4.78 is 11.3. The van der Waals surface area contributed by atoms with Gasteiger partial charge in [-0.15, -0.1) is 0 Å². The first-order chi connectivity index (χ1) is 8.09. The van der Waals surface area contributed by atoms with Gasteiger partial charge in [0.2, 0.25) is 0 Å². The first-order valence-corrected chi connectivity index (χ1v) is 9.42. The highest BCUT2D eigenvalue weighted by molar-refractivity contribution is 6.74. The molecule has 4 heteroatoms. The van der Waals surface area contributed by atoms with E-state index in [1.54, 1.807) is 0 Å². The second-order valence-electron chi connectivity index (χ2n) is 6.60. The van der Waals surface area contributed by atoms with E-state index in [2.05, 4.69) is 33.9 Å². The molecule has 0 aromatic rings. The van der Waals surface area contributed by atoms with E-state index in [4.69, 9.17) is 9.16 Å². The highest BCUT2D eigenvalue weighted by atomic mass is 28.4. The molecule has 0 N–H and O–H groups in total. The second kappa shape index (κ2) is 4.81. The molecule has 1 aliphatic rings.